The first-order chi connectivity index (χ1) is 9.11. The molecule has 19 heavy (non-hydrogen) atoms. The summed E-state index contributed by atoms with van der Waals surface area (Å²) in [6.45, 7) is 1.31. The van der Waals surface area contributed by atoms with E-state index in [4.69, 9.17) is 0 Å². The lowest BCUT2D eigenvalue weighted by molar-refractivity contribution is -0.125. The zero-order chi connectivity index (χ0) is 13.8. The second kappa shape index (κ2) is 6.36. The van der Waals surface area contributed by atoms with E-state index in [1.54, 1.807) is 7.05 Å². The zero-order valence-corrected chi connectivity index (χ0v) is 13.0. The molecule has 1 aromatic carbocycles. The Morgan fingerprint density at radius 1 is 1.21 bits per heavy atom. The summed E-state index contributed by atoms with van der Waals surface area (Å²) in [6, 6.07) is 7.58. The number of amides is 2. The van der Waals surface area contributed by atoms with Gasteiger partial charge in [0.05, 0.1) is 0 Å². The standard InChI is InChI=1S/C14H17IN2O2/c1-16-13(18)10-6-8-17(9-7-10)14(19)11-2-4-12(15)5-3-11/h2-5,10H,6-9H2,1H3,(H,16,18). The molecule has 1 saturated heterocycles. The summed E-state index contributed by atoms with van der Waals surface area (Å²) >= 11 is 2.22. The van der Waals surface area contributed by atoms with Crippen LogP contribution in [0.3, 0.4) is 0 Å². The molecule has 1 aliphatic heterocycles. The lowest BCUT2D eigenvalue weighted by Gasteiger charge is -2.31. The first kappa shape index (κ1) is 14.3. The number of nitrogens with one attached hydrogen (secondary N) is 1. The van der Waals surface area contributed by atoms with Crippen LogP contribution >= 0.6 is 22.6 Å². The van der Waals surface area contributed by atoms with Crippen LogP contribution in [0.4, 0.5) is 0 Å². The molecule has 4 nitrogen and oxygen atoms in total. The number of hydrogen-bond acceptors (Lipinski definition) is 2. The Morgan fingerprint density at radius 2 is 1.79 bits per heavy atom. The third-order valence-corrected chi connectivity index (χ3v) is 4.21. The van der Waals surface area contributed by atoms with Crippen LogP contribution in [-0.4, -0.2) is 36.9 Å². The molecule has 0 bridgehead atoms. The normalized spacial score (nSPS) is 16.2. The van der Waals surface area contributed by atoms with Gasteiger partial charge in [0.15, 0.2) is 0 Å². The van der Waals surface area contributed by atoms with Crippen LogP contribution in [0, 0.1) is 9.49 Å². The minimum atomic E-state index is 0.0470. The van der Waals surface area contributed by atoms with Crippen LogP contribution in [0.1, 0.15) is 23.2 Å². The van der Waals surface area contributed by atoms with Gasteiger partial charge < -0.3 is 10.2 Å². The highest BCUT2D eigenvalue weighted by molar-refractivity contribution is 14.1. The fourth-order valence-electron chi connectivity index (χ4n) is 2.32. The van der Waals surface area contributed by atoms with Crippen molar-refractivity contribution >= 4 is 34.4 Å². The van der Waals surface area contributed by atoms with E-state index in [9.17, 15) is 9.59 Å². The van der Waals surface area contributed by atoms with Crippen molar-refractivity contribution in [3.63, 3.8) is 0 Å². The Bertz CT molecular complexity index is 465. The van der Waals surface area contributed by atoms with Crippen LogP contribution in [-0.2, 0) is 4.79 Å². The van der Waals surface area contributed by atoms with Crippen molar-refractivity contribution in [3.05, 3.63) is 33.4 Å². The average Bonchev–Trinajstić information content (AvgIpc) is 2.46. The van der Waals surface area contributed by atoms with Crippen molar-refractivity contribution in [3.8, 4) is 0 Å². The second-order valence-corrected chi connectivity index (χ2v) is 5.93. The van der Waals surface area contributed by atoms with Crippen molar-refractivity contribution in [2.24, 2.45) is 5.92 Å². The largest absolute Gasteiger partial charge is 0.359 e. The Labute approximate surface area is 126 Å². The molecule has 0 radical (unpaired) electrons. The van der Waals surface area contributed by atoms with Gasteiger partial charge in [0.1, 0.15) is 0 Å². The number of nitrogens with zero attached hydrogens (tertiary/aromatic N) is 1. The van der Waals surface area contributed by atoms with Crippen LogP contribution in [0.25, 0.3) is 0 Å². The number of rotatable bonds is 2. The van der Waals surface area contributed by atoms with Crippen molar-refractivity contribution in [2.75, 3.05) is 20.1 Å². The van der Waals surface area contributed by atoms with Gasteiger partial charge in [-0.3, -0.25) is 9.59 Å². The maximum absolute atomic E-state index is 12.3. The summed E-state index contributed by atoms with van der Waals surface area (Å²) in [5.41, 5.74) is 0.721. The minimum absolute atomic E-state index is 0.0470. The predicted octanol–water partition coefficient (Wildman–Crippen LogP) is 1.89. The summed E-state index contributed by atoms with van der Waals surface area (Å²) in [6.07, 6.45) is 1.49. The fraction of sp³-hybridized carbons (Fsp3) is 0.429. The highest BCUT2D eigenvalue weighted by atomic mass is 127. The lowest BCUT2D eigenvalue weighted by Crippen LogP contribution is -2.42. The van der Waals surface area contributed by atoms with Gasteiger partial charge in [0.2, 0.25) is 5.91 Å². The van der Waals surface area contributed by atoms with Gasteiger partial charge in [0, 0.05) is 35.2 Å². The number of carbonyl (C=O) groups excluding carboxylic acids is 2. The van der Waals surface area contributed by atoms with Gasteiger partial charge in [-0.2, -0.15) is 0 Å². The van der Waals surface area contributed by atoms with E-state index in [0.29, 0.717) is 13.1 Å². The lowest BCUT2D eigenvalue weighted by atomic mass is 9.95. The van der Waals surface area contributed by atoms with Crippen LogP contribution in [0.5, 0.6) is 0 Å². The molecule has 1 heterocycles. The summed E-state index contributed by atoms with van der Waals surface area (Å²) in [5, 5.41) is 2.67. The molecule has 1 aliphatic rings. The molecule has 0 atom stereocenters. The van der Waals surface area contributed by atoms with Gasteiger partial charge >= 0.3 is 0 Å². The summed E-state index contributed by atoms with van der Waals surface area (Å²) < 4.78 is 1.12. The molecule has 1 fully saturated rings. The number of likely N-dealkylation sites (tertiary alicyclic amines) is 1. The van der Waals surface area contributed by atoms with E-state index in [2.05, 4.69) is 27.9 Å². The van der Waals surface area contributed by atoms with Gasteiger partial charge in [-0.1, -0.05) is 0 Å². The molecule has 5 heteroatoms. The number of halogens is 1. The third kappa shape index (κ3) is 3.46. The average molecular weight is 372 g/mol. The first-order valence-corrected chi connectivity index (χ1v) is 7.46. The molecule has 0 aromatic heterocycles. The number of hydrogen-bond donors (Lipinski definition) is 1. The summed E-state index contributed by atoms with van der Waals surface area (Å²) in [7, 11) is 1.66. The Hall–Kier alpha value is -1.11. The Morgan fingerprint density at radius 3 is 2.32 bits per heavy atom. The number of benzene rings is 1. The van der Waals surface area contributed by atoms with Gasteiger partial charge in [-0.25, -0.2) is 0 Å². The molecule has 0 unspecified atom stereocenters. The molecule has 2 rings (SSSR count). The summed E-state index contributed by atoms with van der Waals surface area (Å²) in [5.74, 6) is 0.193. The third-order valence-electron chi connectivity index (χ3n) is 3.49. The van der Waals surface area contributed by atoms with Crippen molar-refractivity contribution in [1.82, 2.24) is 10.2 Å². The highest BCUT2D eigenvalue weighted by Crippen LogP contribution is 2.19. The van der Waals surface area contributed by atoms with E-state index < -0.39 is 0 Å². The van der Waals surface area contributed by atoms with Crippen LogP contribution < -0.4 is 5.32 Å². The monoisotopic (exact) mass is 372 g/mol. The summed E-state index contributed by atoms with van der Waals surface area (Å²) in [4.78, 5) is 25.7. The smallest absolute Gasteiger partial charge is 0.253 e. The van der Waals surface area contributed by atoms with E-state index in [-0.39, 0.29) is 17.7 Å². The van der Waals surface area contributed by atoms with Gasteiger partial charge in [-0.05, 0) is 59.7 Å². The second-order valence-electron chi connectivity index (χ2n) is 4.69. The Balaban J connectivity index is 1.96. The van der Waals surface area contributed by atoms with E-state index in [1.807, 2.05) is 29.2 Å². The Kier molecular flexibility index (Phi) is 4.79. The van der Waals surface area contributed by atoms with E-state index >= 15 is 0 Å². The van der Waals surface area contributed by atoms with Crippen LogP contribution in [0.15, 0.2) is 24.3 Å². The van der Waals surface area contributed by atoms with E-state index in [0.717, 1.165) is 22.0 Å². The molecule has 1 N–H and O–H groups in total. The molecule has 1 aromatic rings. The molecule has 0 aliphatic carbocycles. The maximum atomic E-state index is 12.3. The van der Waals surface area contributed by atoms with Crippen LogP contribution in [0.2, 0.25) is 0 Å². The van der Waals surface area contributed by atoms with Gasteiger partial charge in [0.25, 0.3) is 5.91 Å². The first-order valence-electron chi connectivity index (χ1n) is 6.38. The minimum Gasteiger partial charge on any atom is -0.359 e. The molecular formula is C14H17IN2O2. The number of carbonyl (C=O) groups is 2. The van der Waals surface area contributed by atoms with Crippen molar-refractivity contribution in [1.29, 1.82) is 0 Å². The predicted molar refractivity (Wildman–Crippen MR) is 81.9 cm³/mol. The quantitative estimate of drug-likeness (QED) is 0.807. The fourth-order valence-corrected chi connectivity index (χ4v) is 2.68. The van der Waals surface area contributed by atoms with E-state index in [1.165, 1.54) is 0 Å². The highest BCUT2D eigenvalue weighted by Gasteiger charge is 2.27. The number of piperidine rings is 1. The topological polar surface area (TPSA) is 49.4 Å². The molecule has 0 spiro atoms. The van der Waals surface area contributed by atoms with Gasteiger partial charge in [-0.15, -0.1) is 0 Å². The van der Waals surface area contributed by atoms with Crippen molar-refractivity contribution < 1.29 is 9.59 Å². The molecule has 0 saturated carbocycles. The molecule has 2 amide bonds. The molecule has 102 valence electrons. The zero-order valence-electron chi connectivity index (χ0n) is 10.9. The SMILES string of the molecule is CNC(=O)C1CCN(C(=O)c2ccc(I)cc2)CC1. The molecular weight excluding hydrogens is 355 g/mol. The van der Waals surface area contributed by atoms with Crippen molar-refractivity contribution in [2.45, 2.75) is 12.8 Å². The maximum Gasteiger partial charge on any atom is 0.253 e.